The van der Waals surface area contributed by atoms with Gasteiger partial charge in [-0.05, 0) is 46.1 Å². The van der Waals surface area contributed by atoms with Crippen LogP contribution in [0.25, 0.3) is 11.4 Å². The summed E-state index contributed by atoms with van der Waals surface area (Å²) in [4.78, 5) is 28.6. The Labute approximate surface area is 163 Å². The molecule has 0 aliphatic carbocycles. The van der Waals surface area contributed by atoms with E-state index in [2.05, 4.69) is 15.1 Å². The average molecular weight is 380 g/mol. The van der Waals surface area contributed by atoms with Crippen molar-refractivity contribution in [2.24, 2.45) is 7.05 Å². The molecule has 8 heteroatoms. The minimum absolute atomic E-state index is 0.0551. The van der Waals surface area contributed by atoms with Gasteiger partial charge in [-0.25, -0.2) is 15.0 Å². The molecule has 0 unspecified atom stereocenters. The maximum atomic E-state index is 13.1. The summed E-state index contributed by atoms with van der Waals surface area (Å²) < 4.78 is 7.08. The van der Waals surface area contributed by atoms with Crippen LogP contribution in [0.4, 0.5) is 0 Å². The standard InChI is InChI=1S/C20H24N6O2/c1-12-9-15(23-19(22-12)18-13(2)24-28-14(18)3)17-7-5-6-8-26(17)20(27)16-10-25(4)11-21-16/h9-11,17H,5-8H2,1-4H3/t17-/m1/s1. The summed E-state index contributed by atoms with van der Waals surface area (Å²) in [5.74, 6) is 1.24. The molecule has 1 aliphatic heterocycles. The van der Waals surface area contributed by atoms with Gasteiger partial charge in [0.2, 0.25) is 0 Å². The topological polar surface area (TPSA) is 89.9 Å². The Hall–Kier alpha value is -3.03. The first kappa shape index (κ1) is 18.3. The highest BCUT2D eigenvalue weighted by atomic mass is 16.5. The van der Waals surface area contributed by atoms with Crippen molar-refractivity contribution in [3.63, 3.8) is 0 Å². The van der Waals surface area contributed by atoms with Crippen LogP contribution in [0.3, 0.4) is 0 Å². The zero-order valence-electron chi connectivity index (χ0n) is 16.6. The summed E-state index contributed by atoms with van der Waals surface area (Å²) in [7, 11) is 1.86. The van der Waals surface area contributed by atoms with Gasteiger partial charge in [0.25, 0.3) is 5.91 Å². The number of rotatable bonds is 3. The Morgan fingerprint density at radius 2 is 2.04 bits per heavy atom. The molecule has 0 radical (unpaired) electrons. The predicted octanol–water partition coefficient (Wildman–Crippen LogP) is 3.16. The van der Waals surface area contributed by atoms with E-state index in [9.17, 15) is 4.79 Å². The molecule has 3 aromatic rings. The molecule has 146 valence electrons. The molecule has 1 atom stereocenters. The van der Waals surface area contributed by atoms with Gasteiger partial charge in [0.1, 0.15) is 11.5 Å². The summed E-state index contributed by atoms with van der Waals surface area (Å²) in [6, 6.07) is 1.88. The third-order valence-electron chi connectivity index (χ3n) is 5.16. The number of hydrogen-bond donors (Lipinski definition) is 0. The van der Waals surface area contributed by atoms with Crippen LogP contribution in [0.5, 0.6) is 0 Å². The van der Waals surface area contributed by atoms with Crippen LogP contribution >= 0.6 is 0 Å². The van der Waals surface area contributed by atoms with E-state index in [1.54, 1.807) is 17.1 Å². The molecule has 8 nitrogen and oxygen atoms in total. The van der Waals surface area contributed by atoms with Crippen molar-refractivity contribution < 1.29 is 9.32 Å². The van der Waals surface area contributed by atoms with Crippen LogP contribution in [-0.4, -0.2) is 42.0 Å². The fourth-order valence-corrected chi connectivity index (χ4v) is 3.83. The monoisotopic (exact) mass is 380 g/mol. The summed E-state index contributed by atoms with van der Waals surface area (Å²) in [5, 5.41) is 4.02. The van der Waals surface area contributed by atoms with Crippen molar-refractivity contribution in [3.8, 4) is 11.4 Å². The highest BCUT2D eigenvalue weighted by molar-refractivity contribution is 5.92. The molecule has 28 heavy (non-hydrogen) atoms. The highest BCUT2D eigenvalue weighted by Gasteiger charge is 2.31. The Morgan fingerprint density at radius 3 is 2.71 bits per heavy atom. The molecule has 0 spiro atoms. The van der Waals surface area contributed by atoms with Crippen LogP contribution in [-0.2, 0) is 7.05 Å². The van der Waals surface area contributed by atoms with Crippen molar-refractivity contribution in [2.75, 3.05) is 6.54 Å². The second kappa shape index (κ2) is 7.18. The van der Waals surface area contributed by atoms with E-state index < -0.39 is 0 Å². The number of carbonyl (C=O) groups is 1. The number of hydrogen-bond acceptors (Lipinski definition) is 6. The fraction of sp³-hybridized carbons (Fsp3) is 0.450. The molecule has 3 aromatic heterocycles. The first-order valence-corrected chi connectivity index (χ1v) is 9.52. The van der Waals surface area contributed by atoms with Crippen LogP contribution in [0.1, 0.15) is 58.6 Å². The van der Waals surface area contributed by atoms with Crippen molar-refractivity contribution in [1.29, 1.82) is 0 Å². The summed E-state index contributed by atoms with van der Waals surface area (Å²) in [5.41, 5.74) is 3.76. The fourth-order valence-electron chi connectivity index (χ4n) is 3.83. The lowest BCUT2D eigenvalue weighted by atomic mass is 9.98. The molecule has 4 rings (SSSR count). The summed E-state index contributed by atoms with van der Waals surface area (Å²) >= 11 is 0. The highest BCUT2D eigenvalue weighted by Crippen LogP contribution is 2.33. The van der Waals surface area contributed by atoms with Gasteiger partial charge in [-0.1, -0.05) is 5.16 Å². The van der Waals surface area contributed by atoms with E-state index in [0.29, 0.717) is 23.8 Å². The Bertz CT molecular complexity index is 1000. The first-order valence-electron chi connectivity index (χ1n) is 9.52. The largest absolute Gasteiger partial charge is 0.361 e. The third-order valence-corrected chi connectivity index (χ3v) is 5.16. The molecule has 1 amide bonds. The lowest BCUT2D eigenvalue weighted by molar-refractivity contribution is 0.0600. The molecular weight excluding hydrogens is 356 g/mol. The maximum absolute atomic E-state index is 13.1. The van der Waals surface area contributed by atoms with Gasteiger partial charge in [0.05, 0.1) is 29.3 Å². The van der Waals surface area contributed by atoms with Crippen molar-refractivity contribution in [3.05, 3.63) is 47.1 Å². The van der Waals surface area contributed by atoms with Gasteiger partial charge in [-0.2, -0.15) is 0 Å². The molecule has 1 aliphatic rings. The van der Waals surface area contributed by atoms with Gasteiger partial charge < -0.3 is 14.0 Å². The molecular formula is C20H24N6O2. The lowest BCUT2D eigenvalue weighted by Crippen LogP contribution is -2.39. The normalized spacial score (nSPS) is 17.1. The third kappa shape index (κ3) is 3.30. The van der Waals surface area contributed by atoms with Crippen molar-refractivity contribution in [2.45, 2.75) is 46.1 Å². The van der Waals surface area contributed by atoms with E-state index in [0.717, 1.165) is 41.9 Å². The Morgan fingerprint density at radius 1 is 1.21 bits per heavy atom. The average Bonchev–Trinajstić information content (AvgIpc) is 3.26. The SMILES string of the molecule is Cc1cc([C@H]2CCCCN2C(=O)c2cn(C)cn2)nc(-c2c(C)noc2C)n1. The van der Waals surface area contributed by atoms with Gasteiger partial charge in [0.15, 0.2) is 5.82 Å². The zero-order chi connectivity index (χ0) is 19.8. The van der Waals surface area contributed by atoms with Crippen LogP contribution in [0, 0.1) is 20.8 Å². The van der Waals surface area contributed by atoms with E-state index in [1.165, 1.54) is 0 Å². The van der Waals surface area contributed by atoms with Crippen molar-refractivity contribution >= 4 is 5.91 Å². The van der Waals surface area contributed by atoms with E-state index in [4.69, 9.17) is 9.51 Å². The summed E-state index contributed by atoms with van der Waals surface area (Å²) in [6.45, 7) is 6.39. The number of likely N-dealkylation sites (tertiary alicyclic amines) is 1. The molecule has 0 aromatic carbocycles. The van der Waals surface area contributed by atoms with Crippen molar-refractivity contribution in [1.82, 2.24) is 29.6 Å². The molecule has 0 N–H and O–H groups in total. The van der Waals surface area contributed by atoms with Gasteiger partial charge >= 0.3 is 0 Å². The number of aromatic nitrogens is 5. The number of piperidine rings is 1. The number of carbonyl (C=O) groups excluding carboxylic acids is 1. The molecule has 0 bridgehead atoms. The molecule has 0 saturated carbocycles. The smallest absolute Gasteiger partial charge is 0.274 e. The molecule has 1 saturated heterocycles. The Balaban J connectivity index is 1.73. The second-order valence-corrected chi connectivity index (χ2v) is 7.39. The predicted molar refractivity (Wildman–Crippen MR) is 103 cm³/mol. The molecule has 1 fully saturated rings. The second-order valence-electron chi connectivity index (χ2n) is 7.39. The molecule has 4 heterocycles. The van der Waals surface area contributed by atoms with E-state index in [-0.39, 0.29) is 11.9 Å². The number of amides is 1. The Kier molecular flexibility index (Phi) is 4.70. The minimum Gasteiger partial charge on any atom is -0.361 e. The summed E-state index contributed by atoms with van der Waals surface area (Å²) in [6.07, 6.45) is 6.32. The van der Waals surface area contributed by atoms with E-state index >= 15 is 0 Å². The van der Waals surface area contributed by atoms with Gasteiger partial charge in [-0.15, -0.1) is 0 Å². The van der Waals surface area contributed by atoms with Crippen LogP contribution in [0.2, 0.25) is 0 Å². The van der Waals surface area contributed by atoms with Crippen LogP contribution in [0.15, 0.2) is 23.1 Å². The van der Waals surface area contributed by atoms with Gasteiger partial charge in [0, 0.05) is 25.5 Å². The van der Waals surface area contributed by atoms with Crippen LogP contribution < -0.4 is 0 Å². The number of nitrogens with zero attached hydrogens (tertiary/aromatic N) is 6. The lowest BCUT2D eigenvalue weighted by Gasteiger charge is -2.35. The van der Waals surface area contributed by atoms with Gasteiger partial charge in [-0.3, -0.25) is 4.79 Å². The maximum Gasteiger partial charge on any atom is 0.274 e. The minimum atomic E-state index is -0.0934. The number of imidazole rings is 1. The van der Waals surface area contributed by atoms with E-state index in [1.807, 2.05) is 38.8 Å². The first-order chi connectivity index (χ1) is 13.4. The quantitative estimate of drug-likeness (QED) is 0.693. The zero-order valence-corrected chi connectivity index (χ0v) is 16.6. The number of aryl methyl sites for hydroxylation is 4.